The number of carbonyl (C=O) groups excluding carboxylic acids is 1. The van der Waals surface area contributed by atoms with Gasteiger partial charge in [0.05, 0.1) is 12.2 Å². The summed E-state index contributed by atoms with van der Waals surface area (Å²) in [5.41, 5.74) is 0.958. The number of nitrogens with zero attached hydrogens (tertiary/aromatic N) is 2. The van der Waals surface area contributed by atoms with E-state index in [0.717, 1.165) is 5.69 Å². The summed E-state index contributed by atoms with van der Waals surface area (Å²) in [5, 5.41) is 11.6. The second kappa shape index (κ2) is 5.52. The molecule has 0 radical (unpaired) electrons. The lowest BCUT2D eigenvalue weighted by molar-refractivity contribution is -0.141. The maximum Gasteiger partial charge on any atom is 0.317 e. The number of hydrogen-bond donors (Lipinski definition) is 3. The smallest absolute Gasteiger partial charge is 0.317 e. The Balaban J connectivity index is 1.71. The topological polar surface area (TPSA) is 98.3 Å². The molecule has 7 heteroatoms. The molecule has 18 heavy (non-hydrogen) atoms. The number of imidazole rings is 1. The molecule has 1 atom stereocenters. The Labute approximate surface area is 104 Å². The first-order valence-corrected chi connectivity index (χ1v) is 5.89. The van der Waals surface area contributed by atoms with Crippen LogP contribution in [-0.4, -0.2) is 51.6 Å². The van der Waals surface area contributed by atoms with E-state index in [4.69, 9.17) is 5.11 Å². The number of carbonyl (C=O) groups is 2. The van der Waals surface area contributed by atoms with Crippen LogP contribution in [0.3, 0.4) is 0 Å². The normalized spacial score (nSPS) is 18.9. The van der Waals surface area contributed by atoms with Crippen molar-refractivity contribution < 1.29 is 14.7 Å². The Morgan fingerprint density at radius 1 is 1.61 bits per heavy atom. The molecule has 0 aliphatic carbocycles. The molecule has 1 aromatic rings. The van der Waals surface area contributed by atoms with Crippen LogP contribution in [0.1, 0.15) is 12.1 Å². The number of H-pyrrole nitrogens is 1. The lowest BCUT2D eigenvalue weighted by Crippen LogP contribution is -2.39. The van der Waals surface area contributed by atoms with Crippen LogP contribution >= 0.6 is 0 Å². The van der Waals surface area contributed by atoms with E-state index in [1.165, 1.54) is 0 Å². The molecule has 1 saturated heterocycles. The lowest BCUT2D eigenvalue weighted by Gasteiger charge is -2.16. The highest BCUT2D eigenvalue weighted by Gasteiger charge is 2.30. The van der Waals surface area contributed by atoms with Crippen molar-refractivity contribution in [2.45, 2.75) is 12.8 Å². The second-order valence-electron chi connectivity index (χ2n) is 4.33. The highest BCUT2D eigenvalue weighted by Crippen LogP contribution is 2.15. The molecule has 0 saturated carbocycles. The van der Waals surface area contributed by atoms with Gasteiger partial charge in [0, 0.05) is 37.9 Å². The van der Waals surface area contributed by atoms with Crippen LogP contribution in [0, 0.1) is 5.92 Å². The van der Waals surface area contributed by atoms with Crippen molar-refractivity contribution in [3.8, 4) is 0 Å². The van der Waals surface area contributed by atoms with Gasteiger partial charge in [-0.3, -0.25) is 4.79 Å². The fourth-order valence-corrected chi connectivity index (χ4v) is 1.98. The monoisotopic (exact) mass is 252 g/mol. The van der Waals surface area contributed by atoms with Gasteiger partial charge in [-0.15, -0.1) is 0 Å². The first-order chi connectivity index (χ1) is 8.66. The van der Waals surface area contributed by atoms with Gasteiger partial charge in [-0.25, -0.2) is 9.78 Å². The predicted molar refractivity (Wildman–Crippen MR) is 63.0 cm³/mol. The molecule has 2 rings (SSSR count). The van der Waals surface area contributed by atoms with E-state index < -0.39 is 11.9 Å². The molecule has 1 aromatic heterocycles. The molecule has 2 heterocycles. The minimum absolute atomic E-state index is 0.196. The molecular formula is C11H16N4O3. The van der Waals surface area contributed by atoms with Gasteiger partial charge >= 0.3 is 12.0 Å². The van der Waals surface area contributed by atoms with Crippen molar-refractivity contribution in [3.63, 3.8) is 0 Å². The fourth-order valence-electron chi connectivity index (χ4n) is 1.98. The van der Waals surface area contributed by atoms with Crippen molar-refractivity contribution in [3.05, 3.63) is 18.2 Å². The summed E-state index contributed by atoms with van der Waals surface area (Å²) < 4.78 is 0. The number of aromatic amines is 1. The number of rotatable bonds is 4. The summed E-state index contributed by atoms with van der Waals surface area (Å²) in [6.45, 7) is 1.31. The quantitative estimate of drug-likeness (QED) is 0.706. The zero-order chi connectivity index (χ0) is 13.0. The third kappa shape index (κ3) is 2.99. The van der Waals surface area contributed by atoms with Gasteiger partial charge in [-0.05, 0) is 6.42 Å². The SMILES string of the molecule is O=C(O)C1CCN(C(=O)NCCc2cnc[nH]2)C1. The van der Waals surface area contributed by atoms with E-state index in [9.17, 15) is 9.59 Å². The van der Waals surface area contributed by atoms with Gasteiger partial charge in [0.25, 0.3) is 0 Å². The van der Waals surface area contributed by atoms with E-state index in [2.05, 4.69) is 15.3 Å². The maximum absolute atomic E-state index is 11.7. The minimum atomic E-state index is -0.831. The van der Waals surface area contributed by atoms with Crippen molar-refractivity contribution in [2.75, 3.05) is 19.6 Å². The van der Waals surface area contributed by atoms with Gasteiger partial charge in [-0.2, -0.15) is 0 Å². The number of aromatic nitrogens is 2. The first-order valence-electron chi connectivity index (χ1n) is 5.89. The number of carboxylic acid groups (broad SMARTS) is 1. The molecule has 1 unspecified atom stereocenters. The predicted octanol–water partition coefficient (Wildman–Crippen LogP) is 0.0683. The Bertz CT molecular complexity index is 418. The summed E-state index contributed by atoms with van der Waals surface area (Å²) in [6.07, 6.45) is 4.52. The zero-order valence-corrected chi connectivity index (χ0v) is 9.93. The van der Waals surface area contributed by atoms with Gasteiger partial charge in [0.1, 0.15) is 0 Å². The molecule has 0 spiro atoms. The molecule has 1 fully saturated rings. The van der Waals surface area contributed by atoms with Crippen LogP contribution in [0.25, 0.3) is 0 Å². The molecule has 1 aliphatic rings. The Morgan fingerprint density at radius 3 is 3.06 bits per heavy atom. The number of urea groups is 1. The molecule has 7 nitrogen and oxygen atoms in total. The minimum Gasteiger partial charge on any atom is -0.481 e. The number of amides is 2. The number of likely N-dealkylation sites (tertiary alicyclic amines) is 1. The zero-order valence-electron chi connectivity index (χ0n) is 9.93. The van der Waals surface area contributed by atoms with Crippen molar-refractivity contribution >= 4 is 12.0 Å². The standard InChI is InChI=1S/C11H16N4O3/c16-10(17)8-2-4-15(6-8)11(18)13-3-1-9-5-12-7-14-9/h5,7-8H,1-4,6H2,(H,12,14)(H,13,18)(H,16,17). The van der Waals surface area contributed by atoms with Crippen LogP contribution in [-0.2, 0) is 11.2 Å². The van der Waals surface area contributed by atoms with Crippen LogP contribution in [0.4, 0.5) is 4.79 Å². The number of carboxylic acids is 1. The summed E-state index contributed by atoms with van der Waals surface area (Å²) in [4.78, 5) is 30.9. The maximum atomic E-state index is 11.7. The van der Waals surface area contributed by atoms with Crippen LogP contribution < -0.4 is 5.32 Å². The average molecular weight is 252 g/mol. The number of aliphatic carboxylic acids is 1. The molecule has 98 valence electrons. The molecular weight excluding hydrogens is 236 g/mol. The van der Waals surface area contributed by atoms with Crippen LogP contribution in [0.15, 0.2) is 12.5 Å². The highest BCUT2D eigenvalue weighted by atomic mass is 16.4. The summed E-state index contributed by atoms with van der Waals surface area (Å²) in [7, 11) is 0. The second-order valence-corrected chi connectivity index (χ2v) is 4.33. The van der Waals surface area contributed by atoms with Crippen LogP contribution in [0.5, 0.6) is 0 Å². The van der Waals surface area contributed by atoms with Crippen molar-refractivity contribution in [2.24, 2.45) is 5.92 Å². The van der Waals surface area contributed by atoms with Gasteiger partial charge in [0.15, 0.2) is 0 Å². The van der Waals surface area contributed by atoms with Crippen LogP contribution in [0.2, 0.25) is 0 Å². The summed E-state index contributed by atoms with van der Waals surface area (Å²) in [5.74, 6) is -1.26. The first kappa shape index (κ1) is 12.4. The molecule has 0 bridgehead atoms. The van der Waals surface area contributed by atoms with E-state index in [1.54, 1.807) is 17.4 Å². The summed E-state index contributed by atoms with van der Waals surface area (Å²) in [6, 6.07) is -0.196. The Hall–Kier alpha value is -2.05. The highest BCUT2D eigenvalue weighted by molar-refractivity contribution is 5.77. The van der Waals surface area contributed by atoms with Gasteiger partial charge in [0.2, 0.25) is 0 Å². The van der Waals surface area contributed by atoms with Crippen molar-refractivity contribution in [1.82, 2.24) is 20.2 Å². The molecule has 3 N–H and O–H groups in total. The fraction of sp³-hybridized carbons (Fsp3) is 0.545. The van der Waals surface area contributed by atoms with E-state index in [-0.39, 0.29) is 6.03 Å². The number of hydrogen-bond acceptors (Lipinski definition) is 3. The van der Waals surface area contributed by atoms with E-state index >= 15 is 0 Å². The summed E-state index contributed by atoms with van der Waals surface area (Å²) >= 11 is 0. The van der Waals surface area contributed by atoms with E-state index in [1.807, 2.05) is 0 Å². The van der Waals surface area contributed by atoms with E-state index in [0.29, 0.717) is 32.5 Å². The van der Waals surface area contributed by atoms with Crippen molar-refractivity contribution in [1.29, 1.82) is 0 Å². The molecule has 2 amide bonds. The largest absolute Gasteiger partial charge is 0.481 e. The molecule has 1 aliphatic heterocycles. The Morgan fingerprint density at radius 2 is 2.44 bits per heavy atom. The van der Waals surface area contributed by atoms with Gasteiger partial charge in [-0.1, -0.05) is 0 Å². The number of nitrogens with one attached hydrogen (secondary N) is 2. The third-order valence-electron chi connectivity index (χ3n) is 3.05. The Kier molecular flexibility index (Phi) is 3.81. The van der Waals surface area contributed by atoms with Gasteiger partial charge < -0.3 is 20.3 Å². The lowest BCUT2D eigenvalue weighted by atomic mass is 10.1. The average Bonchev–Trinajstić information content (AvgIpc) is 2.99. The molecule has 0 aromatic carbocycles. The third-order valence-corrected chi connectivity index (χ3v) is 3.05.